The summed E-state index contributed by atoms with van der Waals surface area (Å²) in [5.41, 5.74) is 0.377. The quantitative estimate of drug-likeness (QED) is 0.739. The number of carbonyl (C=O) groups excluding carboxylic acids is 1. The number of aryl methyl sites for hydroxylation is 1. The molecule has 0 saturated carbocycles. The highest BCUT2D eigenvalue weighted by Crippen LogP contribution is 2.26. The van der Waals surface area contributed by atoms with Gasteiger partial charge in [-0.15, -0.1) is 0 Å². The Kier molecular flexibility index (Phi) is 7.61. The van der Waals surface area contributed by atoms with Crippen LogP contribution in [0.3, 0.4) is 0 Å². The molecule has 1 amide bonds. The number of aromatic nitrogens is 1. The molecule has 1 atom stereocenters. The molecule has 0 spiro atoms. The first-order chi connectivity index (χ1) is 13.3. The molecule has 0 unspecified atom stereocenters. The molecule has 0 aliphatic carbocycles. The lowest BCUT2D eigenvalue weighted by molar-refractivity contribution is 0.102. The van der Waals surface area contributed by atoms with Crippen LogP contribution in [-0.2, 0) is 14.6 Å². The van der Waals surface area contributed by atoms with E-state index in [0.717, 1.165) is 6.20 Å². The Hall–Kier alpha value is -2.17. The summed E-state index contributed by atoms with van der Waals surface area (Å²) in [7, 11) is -2.21. The van der Waals surface area contributed by atoms with E-state index >= 15 is 0 Å². The van der Waals surface area contributed by atoms with Crippen LogP contribution in [0.5, 0.6) is 5.75 Å². The maximum absolute atomic E-state index is 13.4. The van der Waals surface area contributed by atoms with Gasteiger partial charge in [-0.3, -0.25) is 4.79 Å². The van der Waals surface area contributed by atoms with Gasteiger partial charge in [0.2, 0.25) is 0 Å². The van der Waals surface area contributed by atoms with E-state index in [1.807, 2.05) is 0 Å². The Morgan fingerprint density at radius 1 is 1.38 bits per heavy atom. The van der Waals surface area contributed by atoms with Crippen molar-refractivity contribution in [2.45, 2.75) is 18.2 Å². The number of benzene rings is 1. The number of nitrogens with one attached hydrogen (secondary N) is 1. The van der Waals surface area contributed by atoms with E-state index in [0.29, 0.717) is 25.2 Å². The van der Waals surface area contributed by atoms with Crippen LogP contribution in [0.25, 0.3) is 0 Å². The first-order valence-corrected chi connectivity index (χ1v) is 10.4. The second-order valence-electron chi connectivity index (χ2n) is 6.65. The lowest BCUT2D eigenvalue weighted by Gasteiger charge is -2.13. The van der Waals surface area contributed by atoms with Gasteiger partial charge in [-0.25, -0.2) is 17.8 Å². The number of anilines is 1. The summed E-state index contributed by atoms with van der Waals surface area (Å²) in [5.74, 6) is -0.812. The van der Waals surface area contributed by atoms with Crippen LogP contribution in [-0.4, -0.2) is 45.4 Å². The molecular formula is C19H23FN2O5S2. The second kappa shape index (κ2) is 9.55. The molecule has 1 saturated heterocycles. The van der Waals surface area contributed by atoms with Gasteiger partial charge in [0, 0.05) is 6.61 Å². The largest absolute Gasteiger partial charge is 0.496 e. The molecule has 1 aliphatic heterocycles. The van der Waals surface area contributed by atoms with Crippen molar-refractivity contribution in [3.8, 4) is 5.75 Å². The predicted octanol–water partition coefficient (Wildman–Crippen LogP) is 2.71. The maximum Gasteiger partial charge on any atom is 0.260 e. The van der Waals surface area contributed by atoms with Crippen LogP contribution in [0.2, 0.25) is 0 Å². The van der Waals surface area contributed by atoms with Crippen molar-refractivity contribution in [3.63, 3.8) is 0 Å². The van der Waals surface area contributed by atoms with Crippen molar-refractivity contribution >= 4 is 35.1 Å². The van der Waals surface area contributed by atoms with E-state index in [4.69, 9.17) is 9.47 Å². The molecule has 0 radical (unpaired) electrons. The van der Waals surface area contributed by atoms with E-state index in [1.165, 1.54) is 31.4 Å². The fourth-order valence-corrected chi connectivity index (χ4v) is 4.62. The number of hydrogen-bond acceptors (Lipinski definition) is 6. The van der Waals surface area contributed by atoms with Gasteiger partial charge in [-0.2, -0.15) is 13.5 Å². The zero-order valence-corrected chi connectivity index (χ0v) is 17.9. The topological polar surface area (TPSA) is 94.6 Å². The summed E-state index contributed by atoms with van der Waals surface area (Å²) in [6.45, 7) is 2.52. The number of ether oxygens (including phenoxy) is 2. The van der Waals surface area contributed by atoms with Gasteiger partial charge in [0.1, 0.15) is 17.4 Å². The van der Waals surface area contributed by atoms with E-state index in [-0.39, 0.29) is 47.2 Å². The molecule has 10 heteroatoms. The number of amides is 1. The van der Waals surface area contributed by atoms with Crippen molar-refractivity contribution in [2.75, 3.05) is 31.4 Å². The van der Waals surface area contributed by atoms with Crippen molar-refractivity contribution < 1.29 is 27.1 Å². The molecule has 158 valence electrons. The first-order valence-electron chi connectivity index (χ1n) is 8.72. The molecule has 1 fully saturated rings. The third-order valence-corrected chi connectivity index (χ3v) is 6.42. The number of methoxy groups -OCH3 is 1. The zero-order chi connectivity index (χ0) is 20.3. The zero-order valence-electron chi connectivity index (χ0n) is 16.1. The van der Waals surface area contributed by atoms with Gasteiger partial charge in [-0.1, -0.05) is 0 Å². The average Bonchev–Trinajstić information content (AvgIpc) is 3.16. The summed E-state index contributed by atoms with van der Waals surface area (Å²) in [6.07, 6.45) is 1.70. The minimum Gasteiger partial charge on any atom is -0.496 e. The van der Waals surface area contributed by atoms with E-state index < -0.39 is 21.6 Å². The molecule has 3 rings (SSSR count). The lowest BCUT2D eigenvalue weighted by Crippen LogP contribution is -2.18. The van der Waals surface area contributed by atoms with Crippen LogP contribution in [0.1, 0.15) is 22.3 Å². The third kappa shape index (κ3) is 5.46. The number of halogens is 1. The fourth-order valence-electron chi connectivity index (χ4n) is 2.97. The SMILES string of the molecule is COc1ccc(S(=O)(=O)C[C@H]2CCOC2)cc1C(=O)Nc1cc(C)c(F)cn1.S. The van der Waals surface area contributed by atoms with E-state index in [9.17, 15) is 17.6 Å². The molecule has 1 aromatic heterocycles. The highest BCUT2D eigenvalue weighted by molar-refractivity contribution is 7.91. The van der Waals surface area contributed by atoms with Gasteiger partial charge in [-0.05, 0) is 49.1 Å². The normalized spacial score (nSPS) is 16.2. The third-order valence-electron chi connectivity index (χ3n) is 4.54. The Morgan fingerprint density at radius 2 is 2.14 bits per heavy atom. The number of sulfone groups is 1. The number of hydrogen-bond donors (Lipinski definition) is 1. The summed E-state index contributed by atoms with van der Waals surface area (Å²) >= 11 is 0. The maximum atomic E-state index is 13.4. The molecule has 29 heavy (non-hydrogen) atoms. The number of carbonyl (C=O) groups is 1. The number of rotatable bonds is 6. The summed E-state index contributed by atoms with van der Waals surface area (Å²) in [4.78, 5) is 16.5. The molecule has 0 bridgehead atoms. The van der Waals surface area contributed by atoms with Crippen molar-refractivity contribution in [3.05, 3.63) is 47.4 Å². The van der Waals surface area contributed by atoms with Crippen LogP contribution in [0, 0.1) is 18.7 Å². The van der Waals surface area contributed by atoms with Crippen LogP contribution >= 0.6 is 13.5 Å². The Morgan fingerprint density at radius 3 is 2.76 bits per heavy atom. The van der Waals surface area contributed by atoms with Crippen LogP contribution < -0.4 is 10.1 Å². The highest BCUT2D eigenvalue weighted by Gasteiger charge is 2.26. The standard InChI is InChI=1S/C19H21FN2O5S.H2S/c1-12-7-18(21-9-16(12)20)22-19(23)15-8-14(3-4-17(15)26-2)28(24,25)11-13-5-6-27-10-13;/h3-4,7-9,13H,5-6,10-11H2,1-2H3,(H,21,22,23);1H2/t13-;/m0./s1. The van der Waals surface area contributed by atoms with E-state index in [2.05, 4.69) is 10.3 Å². The van der Waals surface area contributed by atoms with Gasteiger partial charge in [0.15, 0.2) is 9.84 Å². The van der Waals surface area contributed by atoms with Gasteiger partial charge < -0.3 is 14.8 Å². The fraction of sp³-hybridized carbons (Fsp3) is 0.368. The molecular weight excluding hydrogens is 419 g/mol. The average molecular weight is 443 g/mol. The van der Waals surface area contributed by atoms with Crippen molar-refractivity contribution in [1.29, 1.82) is 0 Å². The summed E-state index contributed by atoms with van der Waals surface area (Å²) in [5, 5.41) is 2.54. The Labute approximate surface area is 176 Å². The Bertz CT molecular complexity index is 992. The molecule has 2 aromatic rings. The minimum absolute atomic E-state index is 0. The lowest BCUT2D eigenvalue weighted by atomic mass is 10.2. The second-order valence-corrected chi connectivity index (χ2v) is 8.68. The molecule has 1 aliphatic rings. The van der Waals surface area contributed by atoms with Crippen LogP contribution in [0.4, 0.5) is 10.2 Å². The molecule has 1 aromatic carbocycles. The van der Waals surface area contributed by atoms with Gasteiger partial charge in [0.05, 0.1) is 36.1 Å². The monoisotopic (exact) mass is 442 g/mol. The van der Waals surface area contributed by atoms with Crippen LogP contribution in [0.15, 0.2) is 35.4 Å². The summed E-state index contributed by atoms with van der Waals surface area (Å²) in [6, 6.07) is 5.54. The van der Waals surface area contributed by atoms with Crippen molar-refractivity contribution in [1.82, 2.24) is 4.98 Å². The van der Waals surface area contributed by atoms with Gasteiger partial charge >= 0.3 is 0 Å². The molecule has 7 nitrogen and oxygen atoms in total. The number of pyridine rings is 1. The summed E-state index contributed by atoms with van der Waals surface area (Å²) < 4.78 is 49.2. The van der Waals surface area contributed by atoms with E-state index in [1.54, 1.807) is 6.92 Å². The molecule has 1 N–H and O–H groups in total. The Balaban J connectivity index is 0.00000300. The smallest absolute Gasteiger partial charge is 0.260 e. The highest BCUT2D eigenvalue weighted by atomic mass is 32.2. The minimum atomic E-state index is -3.59. The van der Waals surface area contributed by atoms with Gasteiger partial charge in [0.25, 0.3) is 5.91 Å². The number of nitrogens with zero attached hydrogens (tertiary/aromatic N) is 1. The molecule has 2 heterocycles. The predicted molar refractivity (Wildman–Crippen MR) is 111 cm³/mol. The first kappa shape index (κ1) is 23.1. The van der Waals surface area contributed by atoms with Crippen molar-refractivity contribution in [2.24, 2.45) is 5.92 Å².